The molecule has 0 amide bonds. The molecule has 0 N–H and O–H groups in total. The fourth-order valence-corrected chi connectivity index (χ4v) is 4.32. The Morgan fingerprint density at radius 3 is 2.53 bits per heavy atom. The lowest BCUT2D eigenvalue weighted by molar-refractivity contribution is 0.382. The van der Waals surface area contributed by atoms with Crippen molar-refractivity contribution in [1.29, 1.82) is 5.26 Å². The molecule has 0 aliphatic rings. The van der Waals surface area contributed by atoms with Crippen LogP contribution in [0.3, 0.4) is 0 Å². The Morgan fingerprint density at radius 2 is 2.12 bits per heavy atom. The van der Waals surface area contributed by atoms with E-state index >= 15 is 0 Å². The Bertz CT molecular complexity index is 512. The number of nitrogens with zero attached hydrogens (tertiary/aromatic N) is 2. The number of thiophene rings is 1. The first kappa shape index (κ1) is 14.2. The van der Waals surface area contributed by atoms with Crippen LogP contribution in [0.4, 0.5) is 0 Å². The Labute approximate surface area is 107 Å². The fraction of sp³-hybridized carbons (Fsp3) is 0.545. The van der Waals surface area contributed by atoms with Crippen LogP contribution in [0.15, 0.2) is 16.3 Å². The number of hydrogen-bond acceptors (Lipinski definition) is 4. The lowest BCUT2D eigenvalue weighted by atomic mass is 10.2. The Hall–Kier alpha value is -0.900. The molecule has 6 heteroatoms. The Kier molecular flexibility index (Phi) is 4.69. The van der Waals surface area contributed by atoms with Gasteiger partial charge in [0.2, 0.25) is 0 Å². The zero-order chi connectivity index (χ0) is 13.1. The molecule has 1 rings (SSSR count). The first-order valence-corrected chi connectivity index (χ1v) is 7.67. The first-order chi connectivity index (χ1) is 7.91. The topological polar surface area (TPSA) is 61.2 Å². The second kappa shape index (κ2) is 5.63. The van der Waals surface area contributed by atoms with E-state index in [9.17, 15) is 8.42 Å². The summed E-state index contributed by atoms with van der Waals surface area (Å²) in [6.07, 6.45) is 0. The summed E-state index contributed by atoms with van der Waals surface area (Å²) in [4.78, 5) is 0.421. The maximum Gasteiger partial charge on any atom is 0.252 e. The number of hydrogen-bond donors (Lipinski definition) is 0. The van der Waals surface area contributed by atoms with Crippen molar-refractivity contribution in [1.82, 2.24) is 4.31 Å². The molecule has 94 valence electrons. The summed E-state index contributed by atoms with van der Waals surface area (Å²) < 4.78 is 26.2. The van der Waals surface area contributed by atoms with E-state index in [2.05, 4.69) is 0 Å². The highest BCUT2D eigenvalue weighted by Crippen LogP contribution is 2.24. The van der Waals surface area contributed by atoms with Crippen LogP contribution in [-0.4, -0.2) is 25.8 Å². The molecule has 1 heterocycles. The van der Waals surface area contributed by atoms with E-state index in [4.69, 9.17) is 5.26 Å². The average Bonchev–Trinajstić information content (AvgIpc) is 2.74. The van der Waals surface area contributed by atoms with Crippen molar-refractivity contribution in [2.45, 2.75) is 25.0 Å². The molecule has 0 spiro atoms. The predicted octanol–water partition coefficient (Wildman–Crippen LogP) is 2.29. The highest BCUT2D eigenvalue weighted by molar-refractivity contribution is 7.91. The largest absolute Gasteiger partial charge is 0.252 e. The van der Waals surface area contributed by atoms with E-state index in [1.807, 2.05) is 26.8 Å². The monoisotopic (exact) mass is 272 g/mol. The van der Waals surface area contributed by atoms with Gasteiger partial charge < -0.3 is 0 Å². The molecule has 0 radical (unpaired) electrons. The van der Waals surface area contributed by atoms with Crippen molar-refractivity contribution >= 4 is 21.4 Å². The van der Waals surface area contributed by atoms with Crippen molar-refractivity contribution in [3.63, 3.8) is 0 Å². The third-order valence-electron chi connectivity index (χ3n) is 2.21. The molecule has 0 fully saturated rings. The van der Waals surface area contributed by atoms with Gasteiger partial charge in [-0.3, -0.25) is 0 Å². The summed E-state index contributed by atoms with van der Waals surface area (Å²) in [7, 11) is -3.43. The molecular weight excluding hydrogens is 256 g/mol. The minimum absolute atomic E-state index is 0.247. The third kappa shape index (κ3) is 3.28. The van der Waals surface area contributed by atoms with Gasteiger partial charge >= 0.3 is 0 Å². The summed E-state index contributed by atoms with van der Waals surface area (Å²) in [6, 6.07) is 5.00. The van der Waals surface area contributed by atoms with Crippen LogP contribution in [0.5, 0.6) is 0 Å². The van der Waals surface area contributed by atoms with E-state index in [1.54, 1.807) is 6.07 Å². The fourth-order valence-electron chi connectivity index (χ4n) is 1.45. The van der Waals surface area contributed by atoms with Crippen molar-refractivity contribution in [2.24, 2.45) is 5.92 Å². The van der Waals surface area contributed by atoms with Crippen LogP contribution in [0.25, 0.3) is 0 Å². The molecule has 0 aromatic carbocycles. The quantitative estimate of drug-likeness (QED) is 0.826. The van der Waals surface area contributed by atoms with Crippen LogP contribution >= 0.6 is 11.3 Å². The molecule has 1 aromatic heterocycles. The summed E-state index contributed by atoms with van der Waals surface area (Å²) in [5.74, 6) is 0.278. The number of rotatable bonds is 5. The Balaban J connectivity index is 3.04. The molecule has 4 nitrogen and oxygen atoms in total. The molecule has 0 bridgehead atoms. The summed E-state index contributed by atoms with van der Waals surface area (Å²) in [5, 5.41) is 8.71. The summed E-state index contributed by atoms with van der Waals surface area (Å²) >= 11 is 1.02. The molecule has 0 unspecified atom stereocenters. The minimum Gasteiger partial charge on any atom is -0.206 e. The van der Waals surface area contributed by atoms with Gasteiger partial charge in [0.25, 0.3) is 10.0 Å². The molecule has 0 aliphatic heterocycles. The molecule has 0 aliphatic carbocycles. The summed E-state index contributed by atoms with van der Waals surface area (Å²) in [5.41, 5.74) is 0. The van der Waals surface area contributed by atoms with Gasteiger partial charge in [0.1, 0.15) is 15.2 Å². The maximum atomic E-state index is 12.3. The predicted molar refractivity (Wildman–Crippen MR) is 68.3 cm³/mol. The van der Waals surface area contributed by atoms with E-state index in [0.29, 0.717) is 18.0 Å². The lowest BCUT2D eigenvalue weighted by Crippen LogP contribution is -2.33. The molecule has 0 saturated carbocycles. The van der Waals surface area contributed by atoms with Gasteiger partial charge in [-0.25, -0.2) is 8.42 Å². The van der Waals surface area contributed by atoms with Gasteiger partial charge in [-0.15, -0.1) is 11.3 Å². The third-order valence-corrected chi connectivity index (χ3v) is 5.61. The second-order valence-corrected chi connectivity index (χ2v) is 7.33. The van der Waals surface area contributed by atoms with Crippen LogP contribution < -0.4 is 0 Å². The molecule has 0 atom stereocenters. The van der Waals surface area contributed by atoms with Crippen molar-refractivity contribution in [3.05, 3.63) is 17.0 Å². The van der Waals surface area contributed by atoms with Crippen molar-refractivity contribution < 1.29 is 8.42 Å². The first-order valence-electron chi connectivity index (χ1n) is 5.42. The van der Waals surface area contributed by atoms with Crippen molar-refractivity contribution in [2.75, 3.05) is 13.1 Å². The minimum atomic E-state index is -3.43. The van der Waals surface area contributed by atoms with Gasteiger partial charge in [-0.1, -0.05) is 20.8 Å². The standard InChI is InChI=1S/C11H16N2O2S2/c1-4-13(8-9(2)3)17(14,15)11-6-5-10(7-12)16-11/h5-6,9H,4,8H2,1-3H3. The van der Waals surface area contributed by atoms with Crippen LogP contribution in [0.2, 0.25) is 0 Å². The van der Waals surface area contributed by atoms with Crippen LogP contribution in [0.1, 0.15) is 25.6 Å². The maximum absolute atomic E-state index is 12.3. The molecule has 17 heavy (non-hydrogen) atoms. The summed E-state index contributed by atoms with van der Waals surface area (Å²) in [6.45, 7) is 6.72. The Morgan fingerprint density at radius 1 is 1.47 bits per heavy atom. The van der Waals surface area contributed by atoms with Gasteiger partial charge in [-0.2, -0.15) is 9.57 Å². The SMILES string of the molecule is CCN(CC(C)C)S(=O)(=O)c1ccc(C#N)s1. The van der Waals surface area contributed by atoms with Gasteiger partial charge in [0.05, 0.1) is 0 Å². The highest BCUT2D eigenvalue weighted by Gasteiger charge is 2.25. The normalized spacial score (nSPS) is 12.0. The number of nitriles is 1. The zero-order valence-electron chi connectivity index (χ0n) is 10.2. The molecule has 0 saturated heterocycles. The van der Waals surface area contributed by atoms with E-state index in [0.717, 1.165) is 11.3 Å². The average molecular weight is 272 g/mol. The molecular formula is C11H16N2O2S2. The highest BCUT2D eigenvalue weighted by atomic mass is 32.2. The zero-order valence-corrected chi connectivity index (χ0v) is 11.8. The van der Waals surface area contributed by atoms with Crippen molar-refractivity contribution in [3.8, 4) is 6.07 Å². The number of sulfonamides is 1. The smallest absolute Gasteiger partial charge is 0.206 e. The van der Waals surface area contributed by atoms with E-state index in [-0.39, 0.29) is 10.1 Å². The van der Waals surface area contributed by atoms with Gasteiger partial charge in [0.15, 0.2) is 0 Å². The lowest BCUT2D eigenvalue weighted by Gasteiger charge is -2.21. The van der Waals surface area contributed by atoms with E-state index < -0.39 is 10.0 Å². The van der Waals surface area contributed by atoms with Crippen LogP contribution in [0, 0.1) is 17.2 Å². The van der Waals surface area contributed by atoms with Crippen LogP contribution in [-0.2, 0) is 10.0 Å². The van der Waals surface area contributed by atoms with Gasteiger partial charge in [0, 0.05) is 13.1 Å². The molecule has 1 aromatic rings. The van der Waals surface area contributed by atoms with E-state index in [1.165, 1.54) is 10.4 Å². The van der Waals surface area contributed by atoms with Gasteiger partial charge in [-0.05, 0) is 18.1 Å². The second-order valence-electron chi connectivity index (χ2n) is 4.08.